The third-order valence-electron chi connectivity index (χ3n) is 5.13. The summed E-state index contributed by atoms with van der Waals surface area (Å²) in [7, 11) is 0. The molecule has 0 saturated heterocycles. The van der Waals surface area contributed by atoms with Gasteiger partial charge in [-0.3, -0.25) is 9.59 Å². The zero-order chi connectivity index (χ0) is 19.8. The van der Waals surface area contributed by atoms with Crippen LogP contribution in [0.2, 0.25) is 0 Å². The Kier molecular flexibility index (Phi) is 4.73. The second kappa shape index (κ2) is 7.53. The van der Waals surface area contributed by atoms with Crippen LogP contribution in [0.1, 0.15) is 31.7 Å². The molecule has 0 fully saturated rings. The average molecular weight is 427 g/mol. The molecular formula is C21H18N2O4S2. The first-order chi connectivity index (χ1) is 14.2. The van der Waals surface area contributed by atoms with Crippen LogP contribution in [0.5, 0.6) is 11.5 Å². The number of rotatable bonds is 4. The van der Waals surface area contributed by atoms with E-state index in [1.807, 2.05) is 16.3 Å². The van der Waals surface area contributed by atoms with Gasteiger partial charge in [0, 0.05) is 21.9 Å². The van der Waals surface area contributed by atoms with Gasteiger partial charge >= 0.3 is 0 Å². The van der Waals surface area contributed by atoms with E-state index in [-0.39, 0.29) is 31.2 Å². The van der Waals surface area contributed by atoms with E-state index < -0.39 is 0 Å². The van der Waals surface area contributed by atoms with E-state index in [1.165, 1.54) is 10.4 Å². The first-order valence-electron chi connectivity index (χ1n) is 9.27. The molecular weight excluding hydrogens is 408 g/mol. The second-order valence-electron chi connectivity index (χ2n) is 6.80. The van der Waals surface area contributed by atoms with Gasteiger partial charge in [0.1, 0.15) is 0 Å². The van der Waals surface area contributed by atoms with E-state index in [2.05, 4.69) is 22.8 Å². The molecule has 2 amide bonds. The maximum Gasteiger partial charge on any atom is 0.251 e. The molecule has 4 heterocycles. The zero-order valence-electron chi connectivity index (χ0n) is 15.4. The maximum atomic E-state index is 13.0. The molecule has 2 aromatic heterocycles. The highest BCUT2D eigenvalue weighted by Gasteiger charge is 2.33. The number of ether oxygens (including phenoxy) is 2. The second-order valence-corrected chi connectivity index (χ2v) is 8.78. The number of nitrogens with zero attached hydrogens (tertiary/aromatic N) is 1. The molecule has 1 aromatic carbocycles. The fourth-order valence-corrected chi connectivity index (χ4v) is 5.49. The van der Waals surface area contributed by atoms with E-state index in [0.717, 1.165) is 11.3 Å². The van der Waals surface area contributed by atoms with Gasteiger partial charge in [0.25, 0.3) is 5.91 Å². The summed E-state index contributed by atoms with van der Waals surface area (Å²) in [5.41, 5.74) is 1.63. The number of hydrogen-bond donors (Lipinski definition) is 1. The van der Waals surface area contributed by atoms with Crippen LogP contribution in [0.15, 0.2) is 47.2 Å². The average Bonchev–Trinajstić information content (AvgIpc) is 3.51. The van der Waals surface area contributed by atoms with Gasteiger partial charge in [0.2, 0.25) is 12.7 Å². The van der Waals surface area contributed by atoms with Crippen molar-refractivity contribution in [2.24, 2.45) is 0 Å². The van der Waals surface area contributed by atoms with Crippen LogP contribution in [0.4, 0.5) is 0 Å². The van der Waals surface area contributed by atoms with Crippen molar-refractivity contribution in [3.8, 4) is 11.5 Å². The number of nitrogens with one attached hydrogen (secondary N) is 1. The summed E-state index contributed by atoms with van der Waals surface area (Å²) in [5, 5.41) is 6.86. The molecule has 0 bridgehead atoms. The topological polar surface area (TPSA) is 67.9 Å². The summed E-state index contributed by atoms with van der Waals surface area (Å²) in [6.07, 6.45) is 0.844. The van der Waals surface area contributed by atoms with E-state index in [9.17, 15) is 9.59 Å². The number of fused-ring (bicyclic) bond motifs is 2. The van der Waals surface area contributed by atoms with Crippen LogP contribution >= 0.6 is 22.7 Å². The van der Waals surface area contributed by atoms with Crippen LogP contribution in [-0.2, 0) is 11.2 Å². The van der Waals surface area contributed by atoms with E-state index >= 15 is 0 Å². The fraction of sp³-hybridized carbons (Fsp3) is 0.238. The molecule has 5 rings (SSSR count). The van der Waals surface area contributed by atoms with Gasteiger partial charge in [-0.05, 0) is 53.1 Å². The summed E-state index contributed by atoms with van der Waals surface area (Å²) in [6.45, 7) is 0.756. The van der Waals surface area contributed by atoms with E-state index in [4.69, 9.17) is 9.47 Å². The molecule has 1 atom stereocenters. The summed E-state index contributed by atoms with van der Waals surface area (Å²) >= 11 is 3.39. The summed E-state index contributed by atoms with van der Waals surface area (Å²) in [6, 6.07) is 11.1. The smallest absolute Gasteiger partial charge is 0.251 e. The van der Waals surface area contributed by atoms with Gasteiger partial charge in [-0.2, -0.15) is 0 Å². The third-order valence-corrected chi connectivity index (χ3v) is 7.06. The molecule has 8 heteroatoms. The van der Waals surface area contributed by atoms with Crippen LogP contribution in [0.3, 0.4) is 0 Å². The minimum atomic E-state index is -0.308. The van der Waals surface area contributed by atoms with Gasteiger partial charge in [-0.1, -0.05) is 6.07 Å². The molecule has 2 aliphatic heterocycles. The molecule has 0 spiro atoms. The Labute approximate surface area is 175 Å². The van der Waals surface area contributed by atoms with Gasteiger partial charge in [0.15, 0.2) is 11.5 Å². The van der Waals surface area contributed by atoms with Crippen molar-refractivity contribution in [1.29, 1.82) is 0 Å². The summed E-state index contributed by atoms with van der Waals surface area (Å²) in [5.74, 6) is 0.769. The van der Waals surface area contributed by atoms with Crippen LogP contribution in [0, 0.1) is 0 Å². The van der Waals surface area contributed by atoms with Crippen molar-refractivity contribution in [2.75, 3.05) is 19.9 Å². The van der Waals surface area contributed by atoms with Gasteiger partial charge < -0.3 is 19.7 Å². The Morgan fingerprint density at radius 2 is 2.00 bits per heavy atom. The summed E-state index contributed by atoms with van der Waals surface area (Å²) < 4.78 is 10.6. The molecule has 29 heavy (non-hydrogen) atoms. The molecule has 1 N–H and O–H groups in total. The molecule has 1 unspecified atom stereocenters. The monoisotopic (exact) mass is 426 g/mol. The van der Waals surface area contributed by atoms with Crippen molar-refractivity contribution in [3.63, 3.8) is 0 Å². The highest BCUT2D eigenvalue weighted by Crippen LogP contribution is 2.39. The Hall–Kier alpha value is -2.84. The molecule has 3 aromatic rings. The molecule has 0 radical (unpaired) electrons. The quantitative estimate of drug-likeness (QED) is 0.694. The van der Waals surface area contributed by atoms with E-state index in [0.29, 0.717) is 23.6 Å². The SMILES string of the molecule is O=C(NCC(=O)N1CCc2sccc2C1c1cccs1)c1ccc2c(c1)OCO2. The highest BCUT2D eigenvalue weighted by atomic mass is 32.1. The minimum absolute atomic E-state index is 0.0470. The molecule has 0 aliphatic carbocycles. The summed E-state index contributed by atoms with van der Waals surface area (Å²) in [4.78, 5) is 29.9. The number of benzene rings is 1. The number of carbonyl (C=O) groups is 2. The fourth-order valence-electron chi connectivity index (χ4n) is 3.74. The Bertz CT molecular complexity index is 1060. The standard InChI is InChI=1S/C21H18N2O4S2/c24-19(11-22-21(25)13-3-4-15-16(10-13)27-12-26-15)23-7-5-17-14(6-9-29-17)20(23)18-2-1-8-28-18/h1-4,6,8-10,20H,5,7,11-12H2,(H,22,25). The van der Waals surface area contributed by atoms with Gasteiger partial charge in [-0.25, -0.2) is 0 Å². The van der Waals surface area contributed by atoms with Crippen LogP contribution in [-0.4, -0.2) is 36.6 Å². The van der Waals surface area contributed by atoms with Gasteiger partial charge in [-0.15, -0.1) is 22.7 Å². The van der Waals surface area contributed by atoms with Crippen LogP contribution < -0.4 is 14.8 Å². The zero-order valence-corrected chi connectivity index (χ0v) is 17.1. The van der Waals surface area contributed by atoms with Crippen molar-refractivity contribution in [2.45, 2.75) is 12.5 Å². The lowest BCUT2D eigenvalue weighted by Gasteiger charge is -2.35. The number of amides is 2. The number of hydrogen-bond acceptors (Lipinski definition) is 6. The predicted molar refractivity (Wildman–Crippen MR) is 111 cm³/mol. The number of carbonyl (C=O) groups excluding carboxylic acids is 2. The first kappa shape index (κ1) is 18.2. The van der Waals surface area contributed by atoms with Gasteiger partial charge in [0.05, 0.1) is 12.6 Å². The highest BCUT2D eigenvalue weighted by molar-refractivity contribution is 7.10. The Morgan fingerprint density at radius 1 is 1.10 bits per heavy atom. The largest absolute Gasteiger partial charge is 0.454 e. The minimum Gasteiger partial charge on any atom is -0.454 e. The molecule has 148 valence electrons. The predicted octanol–water partition coefficient (Wildman–Crippen LogP) is 3.44. The lowest BCUT2D eigenvalue weighted by molar-refractivity contribution is -0.132. The van der Waals surface area contributed by atoms with E-state index in [1.54, 1.807) is 40.9 Å². The van der Waals surface area contributed by atoms with Crippen molar-refractivity contribution in [1.82, 2.24) is 10.2 Å². The van der Waals surface area contributed by atoms with Crippen LogP contribution in [0.25, 0.3) is 0 Å². The molecule has 6 nitrogen and oxygen atoms in total. The van der Waals surface area contributed by atoms with Crippen molar-refractivity contribution >= 4 is 34.5 Å². The molecule has 0 saturated carbocycles. The maximum absolute atomic E-state index is 13.0. The lowest BCUT2D eigenvalue weighted by atomic mass is 9.98. The Morgan fingerprint density at radius 3 is 2.86 bits per heavy atom. The number of thiophene rings is 2. The molecule has 2 aliphatic rings. The first-order valence-corrected chi connectivity index (χ1v) is 11.0. The third kappa shape index (κ3) is 3.38. The van der Waals surface area contributed by atoms with Crippen molar-refractivity contribution in [3.05, 3.63) is 68.0 Å². The normalized spacial score (nSPS) is 17.1. The lowest BCUT2D eigenvalue weighted by Crippen LogP contribution is -2.45. The van der Waals surface area contributed by atoms with Crippen molar-refractivity contribution < 1.29 is 19.1 Å². The Balaban J connectivity index is 1.30.